The van der Waals surface area contributed by atoms with Crippen LogP contribution in [0.25, 0.3) is 10.8 Å². The predicted octanol–water partition coefficient (Wildman–Crippen LogP) is 1.89. The van der Waals surface area contributed by atoms with Gasteiger partial charge in [-0.05, 0) is 23.6 Å². The van der Waals surface area contributed by atoms with Crippen LogP contribution in [0.3, 0.4) is 0 Å². The lowest BCUT2D eigenvalue weighted by molar-refractivity contribution is -0.121. The van der Waals surface area contributed by atoms with Crippen LogP contribution in [0.5, 0.6) is 11.5 Å². The third-order valence-electron chi connectivity index (χ3n) is 4.24. The number of aliphatic hydroxyl groups is 1. The molecule has 31 heavy (non-hydrogen) atoms. The van der Waals surface area contributed by atoms with Crippen LogP contribution in [0.2, 0.25) is 0 Å². The lowest BCUT2D eigenvalue weighted by atomic mass is 10.1. The van der Waals surface area contributed by atoms with Crippen LogP contribution < -0.4 is 10.1 Å². The monoisotopic (exact) mass is 451 g/mol. The number of amides is 1. The van der Waals surface area contributed by atoms with E-state index >= 15 is 0 Å². The first-order valence-corrected chi connectivity index (χ1v) is 11.1. The van der Waals surface area contributed by atoms with Gasteiger partial charge in [0, 0.05) is 29.4 Å². The normalized spacial score (nSPS) is 11.9. The molecule has 0 radical (unpaired) electrons. The number of nitrogens with one attached hydrogen (secondary N) is 1. The van der Waals surface area contributed by atoms with Crippen LogP contribution in [0.4, 0.5) is 0 Å². The SMILES string of the molecule is CC(=O)N[C@@H](C=O)CSCc1cc2cccc(OCCOCCOCCO)c2cc1O. The lowest BCUT2D eigenvalue weighted by Gasteiger charge is -2.13. The number of rotatable bonds is 15. The van der Waals surface area contributed by atoms with Gasteiger partial charge in [0.15, 0.2) is 0 Å². The average molecular weight is 452 g/mol. The number of ether oxygens (including phenoxy) is 3. The molecule has 2 aromatic rings. The quantitative estimate of drug-likeness (QED) is 0.278. The largest absolute Gasteiger partial charge is 0.508 e. The molecule has 0 spiro atoms. The Morgan fingerprint density at radius 1 is 1.16 bits per heavy atom. The second-order valence-electron chi connectivity index (χ2n) is 6.71. The van der Waals surface area contributed by atoms with Gasteiger partial charge in [0.1, 0.15) is 24.4 Å². The van der Waals surface area contributed by atoms with Gasteiger partial charge in [0.2, 0.25) is 5.91 Å². The van der Waals surface area contributed by atoms with E-state index in [9.17, 15) is 14.7 Å². The van der Waals surface area contributed by atoms with Gasteiger partial charge in [-0.1, -0.05) is 12.1 Å². The predicted molar refractivity (Wildman–Crippen MR) is 120 cm³/mol. The first-order valence-electron chi connectivity index (χ1n) is 9.99. The fourth-order valence-corrected chi connectivity index (χ4v) is 3.83. The highest BCUT2D eigenvalue weighted by atomic mass is 32.2. The van der Waals surface area contributed by atoms with Crippen LogP contribution in [0.15, 0.2) is 30.3 Å². The van der Waals surface area contributed by atoms with E-state index in [1.165, 1.54) is 18.7 Å². The Morgan fingerprint density at radius 3 is 2.61 bits per heavy atom. The molecule has 0 unspecified atom stereocenters. The van der Waals surface area contributed by atoms with Crippen LogP contribution >= 0.6 is 11.8 Å². The average Bonchev–Trinajstić information content (AvgIpc) is 2.75. The van der Waals surface area contributed by atoms with Crippen molar-refractivity contribution < 1.29 is 34.0 Å². The summed E-state index contributed by atoms with van der Waals surface area (Å²) >= 11 is 1.46. The number of aromatic hydroxyl groups is 1. The summed E-state index contributed by atoms with van der Waals surface area (Å²) in [7, 11) is 0. The molecule has 3 N–H and O–H groups in total. The molecule has 1 atom stereocenters. The number of fused-ring (bicyclic) bond motifs is 1. The summed E-state index contributed by atoms with van der Waals surface area (Å²) in [5, 5.41) is 23.4. The highest BCUT2D eigenvalue weighted by molar-refractivity contribution is 7.98. The number of benzene rings is 2. The van der Waals surface area contributed by atoms with Crippen molar-refractivity contribution in [2.75, 3.05) is 45.4 Å². The molecule has 2 aromatic carbocycles. The van der Waals surface area contributed by atoms with Crippen molar-refractivity contribution in [2.24, 2.45) is 0 Å². The van der Waals surface area contributed by atoms with Gasteiger partial charge >= 0.3 is 0 Å². The minimum absolute atomic E-state index is 0.00618. The number of hydrogen-bond acceptors (Lipinski definition) is 8. The van der Waals surface area contributed by atoms with Crippen LogP contribution in [-0.4, -0.2) is 73.8 Å². The number of phenols is 1. The van der Waals surface area contributed by atoms with Crippen molar-refractivity contribution in [3.63, 3.8) is 0 Å². The molecule has 1 amide bonds. The molecule has 0 aliphatic carbocycles. The molecule has 0 aromatic heterocycles. The fourth-order valence-electron chi connectivity index (χ4n) is 2.84. The maximum absolute atomic E-state index is 11.1. The molecular weight excluding hydrogens is 422 g/mol. The summed E-state index contributed by atoms with van der Waals surface area (Å²) in [5.74, 6) is 1.48. The molecule has 0 saturated heterocycles. The van der Waals surface area contributed by atoms with E-state index in [-0.39, 0.29) is 18.3 Å². The topological polar surface area (TPSA) is 114 Å². The number of carbonyl (C=O) groups is 2. The summed E-state index contributed by atoms with van der Waals surface area (Å²) in [5.41, 5.74) is 0.744. The zero-order valence-corrected chi connectivity index (χ0v) is 18.4. The van der Waals surface area contributed by atoms with Crippen molar-refractivity contribution in [2.45, 2.75) is 18.7 Å². The second kappa shape index (κ2) is 13.9. The molecule has 8 nitrogen and oxygen atoms in total. The van der Waals surface area contributed by atoms with E-state index < -0.39 is 6.04 Å². The molecule has 0 aliphatic rings. The molecule has 0 aliphatic heterocycles. The van der Waals surface area contributed by atoms with Crippen molar-refractivity contribution in [1.82, 2.24) is 5.32 Å². The second-order valence-corrected chi connectivity index (χ2v) is 7.74. The lowest BCUT2D eigenvalue weighted by Crippen LogP contribution is -2.36. The summed E-state index contributed by atoms with van der Waals surface area (Å²) in [6.07, 6.45) is 0.712. The highest BCUT2D eigenvalue weighted by Crippen LogP contribution is 2.33. The zero-order valence-electron chi connectivity index (χ0n) is 17.5. The van der Waals surface area contributed by atoms with Crippen LogP contribution in [-0.2, 0) is 24.8 Å². The van der Waals surface area contributed by atoms with Gasteiger partial charge < -0.3 is 34.5 Å². The van der Waals surface area contributed by atoms with Crippen molar-refractivity contribution >= 4 is 34.7 Å². The summed E-state index contributed by atoms with van der Waals surface area (Å²) in [6.45, 7) is 3.26. The Bertz CT molecular complexity index is 846. The van der Waals surface area contributed by atoms with E-state index in [4.69, 9.17) is 19.3 Å². The Morgan fingerprint density at radius 2 is 1.90 bits per heavy atom. The Balaban J connectivity index is 1.89. The smallest absolute Gasteiger partial charge is 0.217 e. The fraction of sp³-hybridized carbons (Fsp3) is 0.455. The van der Waals surface area contributed by atoms with E-state index in [1.54, 1.807) is 6.07 Å². The van der Waals surface area contributed by atoms with E-state index in [1.807, 2.05) is 24.3 Å². The van der Waals surface area contributed by atoms with Gasteiger partial charge in [-0.15, -0.1) is 0 Å². The first kappa shape index (κ1) is 24.9. The molecule has 0 bridgehead atoms. The Hall–Kier alpha value is -2.33. The number of aliphatic hydroxyl groups excluding tert-OH is 1. The maximum atomic E-state index is 11.1. The van der Waals surface area contributed by atoms with E-state index in [2.05, 4.69) is 5.32 Å². The number of carbonyl (C=O) groups excluding carboxylic acids is 2. The van der Waals surface area contributed by atoms with Gasteiger partial charge in [0.25, 0.3) is 0 Å². The van der Waals surface area contributed by atoms with Gasteiger partial charge in [0.05, 0.1) is 39.1 Å². The van der Waals surface area contributed by atoms with Crippen LogP contribution in [0, 0.1) is 0 Å². The third-order valence-corrected chi connectivity index (χ3v) is 5.35. The first-order chi connectivity index (χ1) is 15.0. The molecule has 9 heteroatoms. The van der Waals surface area contributed by atoms with E-state index in [0.717, 1.165) is 16.3 Å². The maximum Gasteiger partial charge on any atom is 0.217 e. The van der Waals surface area contributed by atoms with E-state index in [0.29, 0.717) is 56.6 Å². The molecule has 0 heterocycles. The number of phenolic OH excluding ortho intramolecular Hbond substituents is 1. The standard InChI is InChI=1S/C22H29NO7S/c1-16(26)23-19(13-25)15-31-14-18-11-17-3-2-4-22(20(17)12-21(18)27)30-10-9-29-8-7-28-6-5-24/h2-4,11-13,19,24,27H,5-10,14-15H2,1H3,(H,23,26)/t19-/m0/s1. The number of aldehydes is 1. The molecule has 0 fully saturated rings. The van der Waals surface area contributed by atoms with Gasteiger partial charge in [-0.2, -0.15) is 11.8 Å². The molecule has 0 saturated carbocycles. The van der Waals surface area contributed by atoms with Crippen LogP contribution in [0.1, 0.15) is 12.5 Å². The third kappa shape index (κ3) is 8.74. The van der Waals surface area contributed by atoms with Crippen molar-refractivity contribution in [1.29, 1.82) is 0 Å². The van der Waals surface area contributed by atoms with Crippen molar-refractivity contribution in [3.05, 3.63) is 35.9 Å². The zero-order chi connectivity index (χ0) is 22.5. The number of thioether (sulfide) groups is 1. The van der Waals surface area contributed by atoms with Crippen molar-refractivity contribution in [3.8, 4) is 11.5 Å². The number of hydrogen-bond donors (Lipinski definition) is 3. The summed E-state index contributed by atoms with van der Waals surface area (Å²) in [6, 6.07) is 8.68. The Kier molecular flexibility index (Phi) is 11.2. The van der Waals surface area contributed by atoms with Gasteiger partial charge in [-0.25, -0.2) is 0 Å². The van der Waals surface area contributed by atoms with Gasteiger partial charge in [-0.3, -0.25) is 4.79 Å². The summed E-state index contributed by atoms with van der Waals surface area (Å²) in [4.78, 5) is 22.1. The molecule has 170 valence electrons. The molecule has 2 rings (SSSR count). The molecular formula is C22H29NO7S. The summed E-state index contributed by atoms with van der Waals surface area (Å²) < 4.78 is 16.3. The minimum atomic E-state index is -0.548. The minimum Gasteiger partial charge on any atom is -0.508 e. The Labute approximate surface area is 185 Å². The highest BCUT2D eigenvalue weighted by Gasteiger charge is 2.11.